The lowest BCUT2D eigenvalue weighted by Gasteiger charge is -2.27. The molecule has 0 radical (unpaired) electrons. The van der Waals surface area contributed by atoms with Crippen LogP contribution in [0.4, 0.5) is 5.13 Å². The molecular weight excluding hydrogens is 505 g/mol. The van der Waals surface area contributed by atoms with E-state index in [1.807, 2.05) is 25.1 Å². The van der Waals surface area contributed by atoms with Gasteiger partial charge in [-0.05, 0) is 43.2 Å². The Morgan fingerprint density at radius 2 is 2.03 bits per heavy atom. The van der Waals surface area contributed by atoms with Crippen LogP contribution < -0.4 is 9.64 Å². The Morgan fingerprint density at radius 1 is 1.24 bits per heavy atom. The van der Waals surface area contributed by atoms with Crippen molar-refractivity contribution in [1.29, 1.82) is 0 Å². The van der Waals surface area contributed by atoms with Crippen LogP contribution in [0.2, 0.25) is 10.0 Å². The van der Waals surface area contributed by atoms with E-state index in [1.165, 1.54) is 11.3 Å². The van der Waals surface area contributed by atoms with Gasteiger partial charge in [-0.15, -0.1) is 12.4 Å². The topological polar surface area (TPSA) is 54.9 Å². The van der Waals surface area contributed by atoms with Gasteiger partial charge in [-0.3, -0.25) is 14.6 Å². The molecule has 1 saturated heterocycles. The van der Waals surface area contributed by atoms with Crippen molar-refractivity contribution in [3.8, 4) is 5.75 Å². The maximum absolute atomic E-state index is 13.2. The van der Waals surface area contributed by atoms with E-state index >= 15 is 0 Å². The third-order valence-electron chi connectivity index (χ3n) is 5.35. The molecule has 1 aliphatic heterocycles. The second-order valence-corrected chi connectivity index (χ2v) is 9.49. The van der Waals surface area contributed by atoms with Gasteiger partial charge in [0.2, 0.25) is 0 Å². The highest BCUT2D eigenvalue weighted by Gasteiger charge is 2.22. The summed E-state index contributed by atoms with van der Waals surface area (Å²) in [6, 6.07) is 11.0. The van der Waals surface area contributed by atoms with Crippen molar-refractivity contribution in [3.05, 3.63) is 52.0 Å². The van der Waals surface area contributed by atoms with Crippen molar-refractivity contribution in [2.45, 2.75) is 13.3 Å². The first-order chi connectivity index (χ1) is 15.5. The first-order valence-corrected chi connectivity index (χ1v) is 12.1. The molecule has 0 unspecified atom stereocenters. The third-order valence-corrected chi connectivity index (χ3v) is 6.92. The van der Waals surface area contributed by atoms with Gasteiger partial charge >= 0.3 is 0 Å². The number of anilines is 1. The number of fused-ring (bicyclic) bond motifs is 1. The summed E-state index contributed by atoms with van der Waals surface area (Å²) < 4.78 is 12.2. The number of carbonyl (C=O) groups is 1. The van der Waals surface area contributed by atoms with Crippen LogP contribution in [0.15, 0.2) is 36.4 Å². The van der Waals surface area contributed by atoms with Gasteiger partial charge in [0.25, 0.3) is 5.91 Å². The zero-order chi connectivity index (χ0) is 22.5. The molecule has 2 heterocycles. The van der Waals surface area contributed by atoms with Crippen molar-refractivity contribution in [3.63, 3.8) is 0 Å². The largest absolute Gasteiger partial charge is 0.482 e. The van der Waals surface area contributed by atoms with Crippen molar-refractivity contribution in [1.82, 2.24) is 9.88 Å². The van der Waals surface area contributed by atoms with Crippen LogP contribution in [0.25, 0.3) is 10.2 Å². The molecule has 1 aliphatic rings. The molecule has 0 spiro atoms. The maximum atomic E-state index is 13.2. The number of aromatic nitrogens is 1. The van der Waals surface area contributed by atoms with Crippen LogP contribution in [0.5, 0.6) is 5.75 Å². The van der Waals surface area contributed by atoms with Crippen molar-refractivity contribution in [2.24, 2.45) is 0 Å². The number of nitrogens with zero attached hydrogens (tertiary/aromatic N) is 3. The van der Waals surface area contributed by atoms with Gasteiger partial charge < -0.3 is 9.47 Å². The molecule has 4 rings (SSSR count). The molecule has 10 heteroatoms. The zero-order valence-electron chi connectivity index (χ0n) is 18.3. The molecule has 0 aliphatic carbocycles. The van der Waals surface area contributed by atoms with Gasteiger partial charge in [-0.25, -0.2) is 4.98 Å². The first kappa shape index (κ1) is 26.0. The lowest BCUT2D eigenvalue weighted by molar-refractivity contribution is -0.120. The fourth-order valence-electron chi connectivity index (χ4n) is 3.60. The van der Waals surface area contributed by atoms with Crippen molar-refractivity contribution >= 4 is 68.2 Å². The van der Waals surface area contributed by atoms with E-state index in [1.54, 1.807) is 23.1 Å². The highest BCUT2D eigenvalue weighted by Crippen LogP contribution is 2.31. The average Bonchev–Trinajstić information content (AvgIpc) is 3.22. The molecule has 178 valence electrons. The second kappa shape index (κ2) is 12.2. The third kappa shape index (κ3) is 6.72. The Hall–Kier alpha value is -1.61. The summed E-state index contributed by atoms with van der Waals surface area (Å²) in [5.74, 6) is 0.271. The van der Waals surface area contributed by atoms with Gasteiger partial charge in [0.1, 0.15) is 5.75 Å². The van der Waals surface area contributed by atoms with Crippen LogP contribution in [-0.2, 0) is 9.53 Å². The standard InChI is InChI=1S/C23H25Cl2N3O3S.ClH/c1-16-4-2-5-20-22(16)26-23(32-20)28(9-3-8-27-10-12-30-13-11-27)21(29)15-31-19-7-6-17(24)14-18(19)25;/h2,4-7,14H,3,8-13,15H2,1H3;1H. The molecule has 1 amide bonds. The summed E-state index contributed by atoms with van der Waals surface area (Å²) in [4.78, 5) is 22.1. The van der Waals surface area contributed by atoms with Gasteiger partial charge in [0.15, 0.2) is 11.7 Å². The number of hydrogen-bond acceptors (Lipinski definition) is 6. The van der Waals surface area contributed by atoms with Gasteiger partial charge in [-0.2, -0.15) is 0 Å². The summed E-state index contributed by atoms with van der Waals surface area (Å²) in [5.41, 5.74) is 2.02. The predicted molar refractivity (Wildman–Crippen MR) is 138 cm³/mol. The number of carbonyl (C=O) groups excluding carboxylic acids is 1. The SMILES string of the molecule is Cc1cccc2sc(N(CCCN3CCOCC3)C(=O)COc3ccc(Cl)cc3Cl)nc12.Cl. The Balaban J connectivity index is 0.00000306. The first-order valence-electron chi connectivity index (χ1n) is 10.6. The smallest absolute Gasteiger partial charge is 0.266 e. The Labute approximate surface area is 213 Å². The molecule has 1 aromatic heterocycles. The fraction of sp³-hybridized carbons (Fsp3) is 0.391. The maximum Gasteiger partial charge on any atom is 0.266 e. The Morgan fingerprint density at radius 3 is 2.76 bits per heavy atom. The van der Waals surface area contributed by atoms with E-state index in [2.05, 4.69) is 4.90 Å². The quantitative estimate of drug-likeness (QED) is 0.387. The summed E-state index contributed by atoms with van der Waals surface area (Å²) in [6.45, 7) is 6.73. The Bertz CT molecular complexity index is 1090. The summed E-state index contributed by atoms with van der Waals surface area (Å²) in [6.07, 6.45) is 0.836. The predicted octanol–water partition coefficient (Wildman–Crippen LogP) is 5.47. The van der Waals surface area contributed by atoms with Crippen LogP contribution >= 0.6 is 46.9 Å². The van der Waals surface area contributed by atoms with E-state index in [4.69, 9.17) is 37.7 Å². The highest BCUT2D eigenvalue weighted by molar-refractivity contribution is 7.22. The molecule has 6 nitrogen and oxygen atoms in total. The number of benzene rings is 2. The number of para-hydroxylation sites is 1. The van der Waals surface area contributed by atoms with Gasteiger partial charge in [0, 0.05) is 31.2 Å². The van der Waals surface area contributed by atoms with Crippen LogP contribution in [0, 0.1) is 6.92 Å². The lowest BCUT2D eigenvalue weighted by atomic mass is 10.2. The number of ether oxygens (including phenoxy) is 2. The lowest BCUT2D eigenvalue weighted by Crippen LogP contribution is -2.40. The number of aryl methyl sites for hydroxylation is 1. The van der Waals surface area contributed by atoms with Gasteiger partial charge in [0.05, 0.1) is 28.5 Å². The molecule has 33 heavy (non-hydrogen) atoms. The minimum atomic E-state index is -0.158. The van der Waals surface area contributed by atoms with Gasteiger partial charge in [-0.1, -0.05) is 46.7 Å². The number of hydrogen-bond donors (Lipinski definition) is 0. The normalized spacial score (nSPS) is 14.2. The molecule has 0 saturated carbocycles. The Kier molecular flexibility index (Phi) is 9.61. The van der Waals surface area contributed by atoms with E-state index in [-0.39, 0.29) is 24.9 Å². The minimum Gasteiger partial charge on any atom is -0.482 e. The number of morpholine rings is 1. The fourth-order valence-corrected chi connectivity index (χ4v) is 5.15. The molecule has 0 atom stereocenters. The van der Waals surface area contributed by atoms with Crippen molar-refractivity contribution in [2.75, 3.05) is 50.9 Å². The van der Waals surface area contributed by atoms with Crippen molar-refractivity contribution < 1.29 is 14.3 Å². The molecule has 2 aromatic carbocycles. The zero-order valence-corrected chi connectivity index (χ0v) is 21.4. The molecule has 1 fully saturated rings. The van der Waals surface area contributed by atoms with E-state index in [0.717, 1.165) is 55.0 Å². The summed E-state index contributed by atoms with van der Waals surface area (Å²) in [5, 5.41) is 1.58. The molecular formula is C23H26Cl3N3O3S. The number of halogens is 3. The monoisotopic (exact) mass is 529 g/mol. The summed E-state index contributed by atoms with van der Waals surface area (Å²) in [7, 11) is 0. The molecule has 0 bridgehead atoms. The van der Waals surface area contributed by atoms with E-state index < -0.39 is 0 Å². The minimum absolute atomic E-state index is 0. The number of amides is 1. The van der Waals surface area contributed by atoms with E-state index in [0.29, 0.717) is 27.5 Å². The average molecular weight is 531 g/mol. The van der Waals surface area contributed by atoms with Crippen LogP contribution in [0.3, 0.4) is 0 Å². The molecule has 3 aromatic rings. The number of thiazole rings is 1. The number of rotatable bonds is 8. The molecule has 0 N–H and O–H groups in total. The summed E-state index contributed by atoms with van der Waals surface area (Å²) >= 11 is 13.7. The second-order valence-electron chi connectivity index (χ2n) is 7.63. The van der Waals surface area contributed by atoms with Crippen LogP contribution in [-0.4, -0.2) is 61.8 Å². The highest BCUT2D eigenvalue weighted by atomic mass is 35.5. The van der Waals surface area contributed by atoms with Crippen LogP contribution in [0.1, 0.15) is 12.0 Å². The van der Waals surface area contributed by atoms with E-state index in [9.17, 15) is 4.79 Å².